The molecule has 0 aliphatic heterocycles. The van der Waals surface area contributed by atoms with Gasteiger partial charge in [-0.25, -0.2) is 5.84 Å². The van der Waals surface area contributed by atoms with E-state index in [4.69, 9.17) is 10.6 Å². The lowest BCUT2D eigenvalue weighted by atomic mass is 10.2. The third kappa shape index (κ3) is 3.95. The Morgan fingerprint density at radius 3 is 2.64 bits per heavy atom. The fourth-order valence-electron chi connectivity index (χ4n) is 0.732. The van der Waals surface area contributed by atoms with E-state index < -0.39 is 0 Å². The Labute approximate surface area is 67.1 Å². The number of carbonyl (C=O) groups excluding carboxylic acids is 1. The zero-order chi connectivity index (χ0) is 8.69. The number of amides is 1. The Hall–Kier alpha value is -0.610. The molecule has 0 aromatic rings. The molecule has 66 valence electrons. The third-order valence-electron chi connectivity index (χ3n) is 1.33. The number of nitrogens with one attached hydrogen (secondary N) is 1. The number of nitrogens with two attached hydrogens (primary N) is 1. The third-order valence-corrected chi connectivity index (χ3v) is 1.33. The van der Waals surface area contributed by atoms with Crippen molar-refractivity contribution in [3.8, 4) is 0 Å². The first-order valence-electron chi connectivity index (χ1n) is 3.88. The summed E-state index contributed by atoms with van der Waals surface area (Å²) < 4.78 is 5.20. The number of carbonyl (C=O) groups is 1. The minimum absolute atomic E-state index is 0.249. The molecule has 0 heterocycles. The first kappa shape index (κ1) is 10.4. The Bertz CT molecular complexity index is 117. The van der Waals surface area contributed by atoms with Crippen molar-refractivity contribution in [2.75, 3.05) is 6.61 Å². The van der Waals surface area contributed by atoms with Crippen LogP contribution >= 0.6 is 0 Å². The normalized spacial score (nSPS) is 12.6. The lowest BCUT2D eigenvalue weighted by Gasteiger charge is -2.12. The Morgan fingerprint density at radius 1 is 1.64 bits per heavy atom. The minimum Gasteiger partial charge on any atom is -0.368 e. The van der Waals surface area contributed by atoms with Gasteiger partial charge in [0, 0.05) is 6.61 Å². The highest BCUT2D eigenvalue weighted by atomic mass is 16.5. The quantitative estimate of drug-likeness (QED) is 0.342. The van der Waals surface area contributed by atoms with Crippen molar-refractivity contribution in [2.45, 2.75) is 32.8 Å². The fourth-order valence-corrected chi connectivity index (χ4v) is 0.732. The van der Waals surface area contributed by atoms with E-state index in [-0.39, 0.29) is 12.0 Å². The van der Waals surface area contributed by atoms with Crippen LogP contribution in [0.3, 0.4) is 0 Å². The van der Waals surface area contributed by atoms with Crippen LogP contribution in [0.5, 0.6) is 0 Å². The minimum atomic E-state index is -0.389. The van der Waals surface area contributed by atoms with E-state index >= 15 is 0 Å². The molecule has 0 saturated carbocycles. The second-order valence-electron chi connectivity index (χ2n) is 2.28. The average Bonchev–Trinajstić information content (AvgIpc) is 2.05. The molecule has 0 bridgehead atoms. The molecular weight excluding hydrogens is 144 g/mol. The summed E-state index contributed by atoms with van der Waals surface area (Å²) in [5, 5.41) is 0. The highest BCUT2D eigenvalue weighted by Crippen LogP contribution is 1.97. The molecule has 1 atom stereocenters. The number of rotatable bonds is 5. The monoisotopic (exact) mass is 160 g/mol. The van der Waals surface area contributed by atoms with Crippen molar-refractivity contribution >= 4 is 5.91 Å². The maximum absolute atomic E-state index is 10.9. The fraction of sp³-hybridized carbons (Fsp3) is 0.857. The zero-order valence-electron chi connectivity index (χ0n) is 7.09. The summed E-state index contributed by atoms with van der Waals surface area (Å²) in [6, 6.07) is 0. The van der Waals surface area contributed by atoms with Crippen molar-refractivity contribution in [3.05, 3.63) is 0 Å². The predicted molar refractivity (Wildman–Crippen MR) is 42.7 cm³/mol. The van der Waals surface area contributed by atoms with E-state index in [1.54, 1.807) is 0 Å². The van der Waals surface area contributed by atoms with Gasteiger partial charge in [0.2, 0.25) is 0 Å². The van der Waals surface area contributed by atoms with Crippen molar-refractivity contribution in [1.82, 2.24) is 5.43 Å². The predicted octanol–water partition coefficient (Wildman–Crippen LogP) is 0.182. The van der Waals surface area contributed by atoms with Gasteiger partial charge in [0.25, 0.3) is 5.91 Å². The van der Waals surface area contributed by atoms with E-state index in [1.165, 1.54) is 0 Å². The first-order chi connectivity index (χ1) is 5.26. The molecule has 0 aliphatic rings. The summed E-state index contributed by atoms with van der Waals surface area (Å²) in [5.41, 5.74) is 2.06. The first-order valence-corrected chi connectivity index (χ1v) is 3.88. The highest BCUT2D eigenvalue weighted by Gasteiger charge is 2.14. The van der Waals surface area contributed by atoms with Crippen LogP contribution in [0.1, 0.15) is 26.7 Å². The molecule has 0 aliphatic carbocycles. The molecule has 0 aromatic heterocycles. The zero-order valence-corrected chi connectivity index (χ0v) is 7.09. The van der Waals surface area contributed by atoms with Gasteiger partial charge < -0.3 is 4.74 Å². The van der Waals surface area contributed by atoms with Crippen LogP contribution in [0.4, 0.5) is 0 Å². The Kier molecular flexibility index (Phi) is 5.78. The average molecular weight is 160 g/mol. The van der Waals surface area contributed by atoms with Crippen LogP contribution in [-0.2, 0) is 9.53 Å². The molecule has 0 rings (SSSR count). The van der Waals surface area contributed by atoms with E-state index in [1.807, 2.05) is 13.8 Å². The summed E-state index contributed by atoms with van der Waals surface area (Å²) in [5.74, 6) is 4.69. The van der Waals surface area contributed by atoms with Crippen LogP contribution in [0, 0.1) is 0 Å². The van der Waals surface area contributed by atoms with Crippen LogP contribution in [0.15, 0.2) is 0 Å². The molecule has 0 radical (unpaired) electrons. The van der Waals surface area contributed by atoms with Crippen molar-refractivity contribution in [2.24, 2.45) is 5.84 Å². The van der Waals surface area contributed by atoms with Gasteiger partial charge in [-0.3, -0.25) is 10.2 Å². The van der Waals surface area contributed by atoms with Gasteiger partial charge in [-0.2, -0.15) is 0 Å². The number of hydrogen-bond donors (Lipinski definition) is 2. The number of hydrazine groups is 1. The molecule has 1 unspecified atom stereocenters. The van der Waals surface area contributed by atoms with Crippen molar-refractivity contribution in [1.29, 1.82) is 0 Å². The van der Waals surface area contributed by atoms with Crippen molar-refractivity contribution in [3.63, 3.8) is 0 Å². The lowest BCUT2D eigenvalue weighted by molar-refractivity contribution is -0.133. The second kappa shape index (κ2) is 6.12. The molecule has 11 heavy (non-hydrogen) atoms. The Morgan fingerprint density at radius 2 is 2.27 bits per heavy atom. The summed E-state index contributed by atoms with van der Waals surface area (Å²) >= 11 is 0. The van der Waals surface area contributed by atoms with Crippen LogP contribution < -0.4 is 11.3 Å². The van der Waals surface area contributed by atoms with Crippen LogP contribution in [0.25, 0.3) is 0 Å². The summed E-state index contributed by atoms with van der Waals surface area (Å²) in [6.45, 7) is 4.48. The molecular formula is C7H16N2O2. The molecule has 4 heteroatoms. The van der Waals surface area contributed by atoms with E-state index in [0.29, 0.717) is 13.0 Å². The standard InChI is InChI=1S/C7H16N2O2/c1-3-5-11-6(4-2)7(10)9-8/h6H,3-5,8H2,1-2H3,(H,9,10). The van der Waals surface area contributed by atoms with Gasteiger partial charge in [-0.15, -0.1) is 0 Å². The molecule has 1 amide bonds. The van der Waals surface area contributed by atoms with Gasteiger partial charge in [-0.05, 0) is 12.8 Å². The molecule has 4 nitrogen and oxygen atoms in total. The smallest absolute Gasteiger partial charge is 0.262 e. The van der Waals surface area contributed by atoms with Gasteiger partial charge in [0.1, 0.15) is 6.10 Å². The SMILES string of the molecule is CCCOC(CC)C(=O)NN. The molecule has 0 spiro atoms. The van der Waals surface area contributed by atoms with Gasteiger partial charge in [-0.1, -0.05) is 13.8 Å². The van der Waals surface area contributed by atoms with E-state index in [2.05, 4.69) is 5.43 Å². The van der Waals surface area contributed by atoms with Crippen molar-refractivity contribution < 1.29 is 9.53 Å². The van der Waals surface area contributed by atoms with Gasteiger partial charge in [0.05, 0.1) is 0 Å². The highest BCUT2D eigenvalue weighted by molar-refractivity contribution is 5.79. The Balaban J connectivity index is 3.65. The van der Waals surface area contributed by atoms with E-state index in [9.17, 15) is 4.79 Å². The topological polar surface area (TPSA) is 64.3 Å². The molecule has 0 aromatic carbocycles. The largest absolute Gasteiger partial charge is 0.368 e. The maximum Gasteiger partial charge on any atom is 0.262 e. The van der Waals surface area contributed by atoms with Gasteiger partial charge >= 0.3 is 0 Å². The number of hydrogen-bond acceptors (Lipinski definition) is 3. The second-order valence-corrected chi connectivity index (χ2v) is 2.28. The van der Waals surface area contributed by atoms with E-state index in [0.717, 1.165) is 6.42 Å². The molecule has 0 saturated heterocycles. The maximum atomic E-state index is 10.9. The van der Waals surface area contributed by atoms with Gasteiger partial charge in [0.15, 0.2) is 0 Å². The molecule has 0 fully saturated rings. The summed E-state index contributed by atoms with van der Waals surface area (Å²) in [7, 11) is 0. The lowest BCUT2D eigenvalue weighted by Crippen LogP contribution is -2.40. The summed E-state index contributed by atoms with van der Waals surface area (Å²) in [6.07, 6.45) is 1.18. The summed E-state index contributed by atoms with van der Waals surface area (Å²) in [4.78, 5) is 10.9. The van der Waals surface area contributed by atoms with Crippen LogP contribution in [0.2, 0.25) is 0 Å². The molecule has 3 N–H and O–H groups in total. The number of ether oxygens (including phenoxy) is 1. The van der Waals surface area contributed by atoms with Crippen LogP contribution in [-0.4, -0.2) is 18.6 Å².